The number of piperidine rings is 1. The molecule has 0 radical (unpaired) electrons. The lowest BCUT2D eigenvalue weighted by molar-refractivity contribution is -0.369. The van der Waals surface area contributed by atoms with Crippen LogP contribution in [0, 0.1) is 11.8 Å². The molecular formula is C23H40N3O2+. The van der Waals surface area contributed by atoms with Gasteiger partial charge >= 0.3 is 0 Å². The van der Waals surface area contributed by atoms with E-state index in [9.17, 15) is 4.79 Å². The summed E-state index contributed by atoms with van der Waals surface area (Å²) in [5.41, 5.74) is 4.83. The number of hydrogen-bond donors (Lipinski definition) is 2. The van der Waals surface area contributed by atoms with Crippen LogP contribution in [0.1, 0.15) is 52.9 Å². The van der Waals surface area contributed by atoms with E-state index >= 15 is 0 Å². The largest absolute Gasteiger partial charge is 0.483 e. The van der Waals surface area contributed by atoms with Gasteiger partial charge in [0, 0.05) is 50.4 Å². The monoisotopic (exact) mass is 390 g/mol. The van der Waals surface area contributed by atoms with E-state index < -0.39 is 0 Å². The smallest absolute Gasteiger partial charge is 0.223 e. The highest BCUT2D eigenvalue weighted by atomic mass is 16.5. The van der Waals surface area contributed by atoms with Crippen molar-refractivity contribution >= 4 is 5.91 Å². The molecule has 1 spiro atoms. The molecule has 28 heavy (non-hydrogen) atoms. The maximum Gasteiger partial charge on any atom is 0.223 e. The number of carbonyl (C=O) groups is 1. The second-order valence-corrected chi connectivity index (χ2v) is 8.45. The molecule has 2 rings (SSSR count). The Balaban J connectivity index is 1.96. The van der Waals surface area contributed by atoms with Gasteiger partial charge in [0.25, 0.3) is 0 Å². The summed E-state index contributed by atoms with van der Waals surface area (Å²) in [6, 6.07) is 0. The van der Waals surface area contributed by atoms with E-state index in [0.29, 0.717) is 12.5 Å². The van der Waals surface area contributed by atoms with Crippen molar-refractivity contribution in [1.29, 1.82) is 0 Å². The van der Waals surface area contributed by atoms with E-state index in [1.807, 2.05) is 13.0 Å². The first-order valence-corrected chi connectivity index (χ1v) is 10.9. The molecule has 2 atom stereocenters. The van der Waals surface area contributed by atoms with Crippen LogP contribution in [0.5, 0.6) is 0 Å². The first kappa shape index (κ1) is 22.7. The Morgan fingerprint density at radius 2 is 2.14 bits per heavy atom. The molecule has 5 heteroatoms. The molecule has 1 saturated heterocycles. The summed E-state index contributed by atoms with van der Waals surface area (Å²) < 4.78 is 6.39. The topological polar surface area (TPSA) is 69.2 Å². The third-order valence-electron chi connectivity index (χ3n) is 6.17. The van der Waals surface area contributed by atoms with Crippen molar-refractivity contribution in [2.75, 3.05) is 33.2 Å². The summed E-state index contributed by atoms with van der Waals surface area (Å²) in [4.78, 5) is 15.0. The van der Waals surface area contributed by atoms with Gasteiger partial charge in [-0.15, -0.1) is 0 Å². The minimum Gasteiger partial charge on any atom is -0.483 e. The lowest BCUT2D eigenvalue weighted by Crippen LogP contribution is -2.51. The van der Waals surface area contributed by atoms with Crippen molar-refractivity contribution in [3.8, 4) is 0 Å². The number of hydrogen-bond acceptors (Lipinski definition) is 3. The number of allylic oxidation sites excluding steroid dienone is 2. The van der Waals surface area contributed by atoms with Gasteiger partial charge in [-0.05, 0) is 38.5 Å². The summed E-state index contributed by atoms with van der Waals surface area (Å²) in [6.45, 7) is 9.85. The summed E-state index contributed by atoms with van der Waals surface area (Å²) in [7, 11) is 2.16. The molecule has 0 aliphatic carbocycles. The average molecular weight is 391 g/mol. The minimum atomic E-state index is -0.162. The van der Waals surface area contributed by atoms with Gasteiger partial charge in [-0.25, -0.2) is 0 Å². The Bertz CT molecular complexity index is 601. The van der Waals surface area contributed by atoms with Crippen LogP contribution in [0.15, 0.2) is 35.6 Å². The van der Waals surface area contributed by atoms with Crippen molar-refractivity contribution in [1.82, 2.24) is 10.2 Å². The Labute approximate surface area is 171 Å². The molecule has 2 unspecified atom stereocenters. The Hall–Kier alpha value is -1.59. The first-order chi connectivity index (χ1) is 13.4. The predicted molar refractivity (Wildman–Crippen MR) is 114 cm³/mol. The van der Waals surface area contributed by atoms with E-state index in [1.54, 1.807) is 0 Å². The molecule has 0 bridgehead atoms. The molecule has 158 valence electrons. The summed E-state index contributed by atoms with van der Waals surface area (Å²) >= 11 is 0. The predicted octanol–water partition coefficient (Wildman–Crippen LogP) is 2.67. The van der Waals surface area contributed by atoms with E-state index in [4.69, 9.17) is 4.74 Å². The zero-order valence-electron chi connectivity index (χ0n) is 18.3. The van der Waals surface area contributed by atoms with E-state index in [2.05, 4.69) is 55.1 Å². The van der Waals surface area contributed by atoms with Crippen molar-refractivity contribution in [2.45, 2.75) is 58.5 Å². The maximum absolute atomic E-state index is 12.6. The van der Waals surface area contributed by atoms with Gasteiger partial charge in [0.2, 0.25) is 5.91 Å². The number of carbonyl (C=O) groups excluding carboxylic acids is 1. The number of quaternary nitrogens is 1. The molecule has 4 N–H and O–H groups in total. The molecule has 1 amide bonds. The highest BCUT2D eigenvalue weighted by Crippen LogP contribution is 2.36. The third-order valence-corrected chi connectivity index (χ3v) is 6.17. The molecule has 2 aliphatic rings. The Kier molecular flexibility index (Phi) is 8.77. The fraction of sp³-hybridized carbons (Fsp3) is 0.696. The molecule has 0 aromatic rings. The lowest BCUT2D eigenvalue weighted by atomic mass is 9.88. The van der Waals surface area contributed by atoms with Crippen molar-refractivity contribution in [3.63, 3.8) is 0 Å². The number of ether oxygens (including phenoxy) is 1. The van der Waals surface area contributed by atoms with Gasteiger partial charge in [0.15, 0.2) is 0 Å². The molecular weight excluding hydrogens is 350 g/mol. The van der Waals surface area contributed by atoms with E-state index in [0.717, 1.165) is 63.1 Å². The zero-order valence-corrected chi connectivity index (χ0v) is 18.3. The summed E-state index contributed by atoms with van der Waals surface area (Å²) in [5.74, 6) is 1.70. The second kappa shape index (κ2) is 10.8. The van der Waals surface area contributed by atoms with Crippen molar-refractivity contribution < 1.29 is 15.3 Å². The van der Waals surface area contributed by atoms with E-state index in [-0.39, 0.29) is 17.4 Å². The van der Waals surface area contributed by atoms with Crippen LogP contribution < -0.4 is 11.1 Å². The number of rotatable bonds is 8. The fourth-order valence-corrected chi connectivity index (χ4v) is 3.96. The number of nitrogens with one attached hydrogen (secondary N) is 1. The number of likely N-dealkylation sites (tertiary alicyclic amines) is 1. The summed E-state index contributed by atoms with van der Waals surface area (Å²) in [6.07, 6.45) is 13.4. The van der Waals surface area contributed by atoms with E-state index in [1.165, 1.54) is 0 Å². The quantitative estimate of drug-likeness (QED) is 0.669. The molecule has 5 nitrogen and oxygen atoms in total. The average Bonchev–Trinajstić information content (AvgIpc) is 2.70. The number of nitrogens with zero attached hydrogens (tertiary/aromatic N) is 1. The van der Waals surface area contributed by atoms with Crippen LogP contribution in [0.3, 0.4) is 0 Å². The minimum absolute atomic E-state index is 0.0627. The lowest BCUT2D eigenvalue weighted by Gasteiger charge is -2.41. The van der Waals surface area contributed by atoms with Gasteiger partial charge in [0.05, 0.1) is 6.54 Å². The standard InChI is InChI=1S/C23H39N3O2/c1-5-18(3)17-20(8-13-24)22(27)25-14-9-19-7-10-23(28-21(19)6-2)11-15-26(4)16-12-23/h6-7,9-10,18,20H,5,8,11-17,24H2,1-4H3,(H,25,27)/p+1/b19-9-,21-6+. The van der Waals surface area contributed by atoms with Gasteiger partial charge in [-0.1, -0.05) is 32.4 Å². The third kappa shape index (κ3) is 6.21. The molecule has 1 fully saturated rings. The van der Waals surface area contributed by atoms with Crippen LogP contribution in [-0.2, 0) is 9.53 Å². The number of amides is 1. The van der Waals surface area contributed by atoms with Crippen LogP contribution in [0.4, 0.5) is 0 Å². The highest BCUT2D eigenvalue weighted by Gasteiger charge is 2.36. The van der Waals surface area contributed by atoms with Crippen molar-refractivity contribution in [2.24, 2.45) is 11.8 Å². The van der Waals surface area contributed by atoms with Crippen LogP contribution in [0.25, 0.3) is 0 Å². The molecule has 0 saturated carbocycles. The normalized spacial score (nSPS) is 24.3. The Morgan fingerprint density at radius 3 is 2.75 bits per heavy atom. The van der Waals surface area contributed by atoms with Gasteiger partial charge in [-0.3, -0.25) is 4.79 Å². The van der Waals surface area contributed by atoms with Crippen molar-refractivity contribution in [3.05, 3.63) is 35.6 Å². The molecule has 0 aromatic heterocycles. The zero-order chi connectivity index (χ0) is 20.6. The van der Waals surface area contributed by atoms with Crippen LogP contribution in [0.2, 0.25) is 0 Å². The highest BCUT2D eigenvalue weighted by molar-refractivity contribution is 5.78. The van der Waals surface area contributed by atoms with Gasteiger partial charge in [-0.2, -0.15) is 0 Å². The first-order valence-electron chi connectivity index (χ1n) is 10.9. The molecule has 2 aliphatic heterocycles. The van der Waals surface area contributed by atoms with Crippen LogP contribution in [-0.4, -0.2) is 49.6 Å². The van der Waals surface area contributed by atoms with Crippen LogP contribution >= 0.6 is 0 Å². The SMILES string of the molecule is C/C=C1/OC2(C=C/C1=C/CNC(=O)C(CC[NH3+])CC(C)CC)CCN(C)CC2. The summed E-state index contributed by atoms with van der Waals surface area (Å²) in [5, 5.41) is 3.10. The Morgan fingerprint density at radius 1 is 1.43 bits per heavy atom. The second-order valence-electron chi connectivity index (χ2n) is 8.45. The molecule has 2 heterocycles. The molecule has 0 aromatic carbocycles. The maximum atomic E-state index is 12.6. The fourth-order valence-electron chi connectivity index (χ4n) is 3.96. The van der Waals surface area contributed by atoms with Gasteiger partial charge < -0.3 is 20.7 Å². The van der Waals surface area contributed by atoms with Gasteiger partial charge in [0.1, 0.15) is 11.4 Å².